The zero-order chi connectivity index (χ0) is 24.9. The largest absolute Gasteiger partial charge is 0.497 e. The first-order valence-electron chi connectivity index (χ1n) is 10.3. The molecule has 0 aliphatic carbocycles. The molecule has 14 heteroatoms. The van der Waals surface area contributed by atoms with Crippen LogP contribution in [0.15, 0.2) is 35.3 Å². The number of alkyl halides is 3. The van der Waals surface area contributed by atoms with Gasteiger partial charge in [0, 0.05) is 11.8 Å². The first-order chi connectivity index (χ1) is 16.1. The molecule has 3 rings (SSSR count). The van der Waals surface area contributed by atoms with Crippen LogP contribution >= 0.6 is 19.4 Å². The molecular formula is C20H24F3N4O5PS. The highest BCUT2D eigenvalue weighted by molar-refractivity contribution is 8.14. The monoisotopic (exact) mass is 520 g/mol. The fourth-order valence-electron chi connectivity index (χ4n) is 3.13. The zero-order valence-electron chi connectivity index (χ0n) is 18.7. The normalized spacial score (nSPS) is 16.4. The van der Waals surface area contributed by atoms with Gasteiger partial charge in [0.25, 0.3) is 5.91 Å². The minimum absolute atomic E-state index is 0.0308. The van der Waals surface area contributed by atoms with Gasteiger partial charge in [-0.2, -0.15) is 18.3 Å². The Balaban J connectivity index is 1.82. The average molecular weight is 520 g/mol. The molecule has 0 saturated heterocycles. The quantitative estimate of drug-likeness (QED) is 0.490. The average Bonchev–Trinajstić information content (AvgIpc) is 3.41. The number of amides is 1. The van der Waals surface area contributed by atoms with Crippen molar-refractivity contribution < 1.29 is 36.3 Å². The van der Waals surface area contributed by atoms with Crippen LogP contribution in [0, 0.1) is 0 Å². The van der Waals surface area contributed by atoms with Gasteiger partial charge in [0.2, 0.25) is 0 Å². The van der Waals surface area contributed by atoms with Gasteiger partial charge in [-0.05, 0) is 38.1 Å². The van der Waals surface area contributed by atoms with Gasteiger partial charge in [0.1, 0.15) is 11.4 Å². The third kappa shape index (κ3) is 6.41. The van der Waals surface area contributed by atoms with Gasteiger partial charge < -0.3 is 13.8 Å². The maximum absolute atomic E-state index is 13.3. The van der Waals surface area contributed by atoms with E-state index in [0.717, 1.165) is 4.68 Å². The van der Waals surface area contributed by atoms with Gasteiger partial charge in [-0.25, -0.2) is 4.68 Å². The minimum Gasteiger partial charge on any atom is -0.497 e. The van der Waals surface area contributed by atoms with Gasteiger partial charge in [-0.3, -0.25) is 19.7 Å². The number of halogens is 3. The number of carbonyl (C=O) groups excluding carboxylic acids is 1. The van der Waals surface area contributed by atoms with E-state index in [0.29, 0.717) is 17.6 Å². The van der Waals surface area contributed by atoms with Crippen molar-refractivity contribution in [3.8, 4) is 11.4 Å². The highest BCUT2D eigenvalue weighted by atomic mass is 32.2. The third-order valence-electron chi connectivity index (χ3n) is 4.57. The fraction of sp³-hybridized carbons (Fsp3) is 0.450. The third-order valence-corrected chi connectivity index (χ3v) is 7.77. The van der Waals surface area contributed by atoms with Gasteiger partial charge in [-0.15, -0.1) is 0 Å². The molecule has 0 spiro atoms. The summed E-state index contributed by atoms with van der Waals surface area (Å²) in [5.74, 6) is 0.0892. The Kier molecular flexibility index (Phi) is 8.45. The number of ether oxygens (including phenoxy) is 1. The number of hydrogen-bond donors (Lipinski definition) is 1. The van der Waals surface area contributed by atoms with Crippen LogP contribution in [0.5, 0.6) is 5.75 Å². The lowest BCUT2D eigenvalue weighted by Crippen LogP contribution is -2.29. The number of rotatable bonds is 9. The van der Waals surface area contributed by atoms with Crippen molar-refractivity contribution in [1.82, 2.24) is 15.1 Å². The lowest BCUT2D eigenvalue weighted by molar-refractivity contribution is -0.141. The number of nitrogens with one attached hydrogen (secondary N) is 1. The molecule has 1 aliphatic heterocycles. The molecular weight excluding hydrogens is 496 g/mol. The van der Waals surface area contributed by atoms with Crippen molar-refractivity contribution in [2.75, 3.05) is 32.2 Å². The zero-order valence-corrected chi connectivity index (χ0v) is 20.4. The number of benzene rings is 1. The number of hydrogen-bond acceptors (Lipinski definition) is 8. The molecule has 186 valence electrons. The summed E-state index contributed by atoms with van der Waals surface area (Å²) in [6.07, 6.45) is -4.71. The first-order valence-corrected chi connectivity index (χ1v) is 13.0. The van der Waals surface area contributed by atoms with Crippen molar-refractivity contribution in [2.45, 2.75) is 26.1 Å². The molecule has 1 amide bonds. The predicted molar refractivity (Wildman–Crippen MR) is 122 cm³/mol. The molecule has 1 unspecified atom stereocenters. The number of aliphatic imine (C=N–C) groups is 1. The lowest BCUT2D eigenvalue weighted by atomic mass is 10.3. The van der Waals surface area contributed by atoms with E-state index >= 15 is 0 Å². The summed E-state index contributed by atoms with van der Waals surface area (Å²) in [6.45, 7) is 3.82. The van der Waals surface area contributed by atoms with Crippen LogP contribution in [-0.2, 0) is 19.8 Å². The van der Waals surface area contributed by atoms with E-state index in [9.17, 15) is 22.5 Å². The number of carbonyl (C=O) groups is 1. The van der Waals surface area contributed by atoms with E-state index in [1.54, 1.807) is 26.0 Å². The molecule has 0 radical (unpaired) electrons. The van der Waals surface area contributed by atoms with Crippen LogP contribution in [0.4, 0.5) is 13.2 Å². The topological polar surface area (TPSA) is 104 Å². The highest BCUT2D eigenvalue weighted by Crippen LogP contribution is 2.49. The Morgan fingerprint density at radius 1 is 1.24 bits per heavy atom. The van der Waals surface area contributed by atoms with Gasteiger partial charge in [0.05, 0.1) is 38.2 Å². The molecule has 0 bridgehead atoms. The van der Waals surface area contributed by atoms with E-state index < -0.39 is 31.4 Å². The Hall–Kier alpha value is -2.34. The number of thioether (sulfide) groups is 1. The van der Waals surface area contributed by atoms with E-state index in [1.807, 2.05) is 0 Å². The van der Waals surface area contributed by atoms with E-state index in [1.165, 1.54) is 31.0 Å². The Labute approximate surface area is 198 Å². The summed E-state index contributed by atoms with van der Waals surface area (Å²) >= 11 is 1.19. The molecule has 2 aromatic rings. The molecule has 1 atom stereocenters. The van der Waals surface area contributed by atoms with Crippen molar-refractivity contribution >= 4 is 30.4 Å². The maximum Gasteiger partial charge on any atom is 0.435 e. The Morgan fingerprint density at radius 3 is 2.44 bits per heavy atom. The summed E-state index contributed by atoms with van der Waals surface area (Å²) < 4.78 is 69.2. The van der Waals surface area contributed by atoms with E-state index in [-0.39, 0.29) is 35.9 Å². The molecule has 1 aromatic heterocycles. The van der Waals surface area contributed by atoms with Crippen molar-refractivity contribution in [3.05, 3.63) is 41.7 Å². The first kappa shape index (κ1) is 26.3. The fourth-order valence-corrected chi connectivity index (χ4v) is 6.04. The summed E-state index contributed by atoms with van der Waals surface area (Å²) in [7, 11) is -1.88. The summed E-state index contributed by atoms with van der Waals surface area (Å²) in [5, 5.41) is 6.30. The maximum atomic E-state index is 13.3. The molecule has 9 nitrogen and oxygen atoms in total. The van der Waals surface area contributed by atoms with Crippen LogP contribution < -0.4 is 10.1 Å². The molecule has 1 N–H and O–H groups in total. The second-order valence-corrected chi connectivity index (χ2v) is 10.1. The van der Waals surface area contributed by atoms with Crippen LogP contribution in [-0.4, -0.2) is 59.1 Å². The highest BCUT2D eigenvalue weighted by Gasteiger charge is 2.37. The molecule has 2 heterocycles. The van der Waals surface area contributed by atoms with Crippen molar-refractivity contribution in [2.24, 2.45) is 4.99 Å². The molecule has 1 aliphatic rings. The summed E-state index contributed by atoms with van der Waals surface area (Å²) in [6, 6.07) is 6.29. The second-order valence-electron chi connectivity index (χ2n) is 7.00. The van der Waals surface area contributed by atoms with Gasteiger partial charge in [0.15, 0.2) is 10.9 Å². The van der Waals surface area contributed by atoms with Crippen LogP contribution in [0.3, 0.4) is 0 Å². The van der Waals surface area contributed by atoms with Crippen molar-refractivity contribution in [1.29, 1.82) is 0 Å². The van der Waals surface area contributed by atoms with Crippen LogP contribution in [0.2, 0.25) is 0 Å². The Bertz CT molecular complexity index is 1080. The van der Waals surface area contributed by atoms with E-state index in [4.69, 9.17) is 13.8 Å². The van der Waals surface area contributed by atoms with Crippen LogP contribution in [0.1, 0.15) is 30.0 Å². The van der Waals surface area contributed by atoms with Gasteiger partial charge in [-0.1, -0.05) is 11.8 Å². The Morgan fingerprint density at radius 2 is 1.88 bits per heavy atom. The van der Waals surface area contributed by atoms with E-state index in [2.05, 4.69) is 15.4 Å². The number of aromatic nitrogens is 2. The molecule has 0 fully saturated rings. The number of methoxy groups -OCH3 is 1. The molecule has 0 saturated carbocycles. The van der Waals surface area contributed by atoms with Crippen molar-refractivity contribution in [3.63, 3.8) is 0 Å². The lowest BCUT2D eigenvalue weighted by Gasteiger charge is -2.18. The molecule has 1 aromatic carbocycles. The standard InChI is InChI=1S/C20H24F3N4O5PS/c1-4-31-33(29,32-5-2)11-13-12-34-19(24-13)25-18(28)16-10-17(20(21,22)23)26-27(16)14-6-8-15(30-3)9-7-14/h6-10,13H,4-5,11-12H2,1-3H3,(H,24,25,28). The second kappa shape index (κ2) is 10.9. The van der Waals surface area contributed by atoms with Gasteiger partial charge >= 0.3 is 13.8 Å². The summed E-state index contributed by atoms with van der Waals surface area (Å²) in [4.78, 5) is 17.2. The summed E-state index contributed by atoms with van der Waals surface area (Å²) in [5.41, 5.74) is -1.28. The number of nitrogens with zero attached hydrogens (tertiary/aromatic N) is 3. The number of amidine groups is 1. The predicted octanol–water partition coefficient (Wildman–Crippen LogP) is 4.37. The molecule has 34 heavy (non-hydrogen) atoms. The van der Waals surface area contributed by atoms with Crippen LogP contribution in [0.25, 0.3) is 5.69 Å². The smallest absolute Gasteiger partial charge is 0.435 e. The SMILES string of the molecule is CCOP(=O)(CC1CSC(NC(=O)c2cc(C(F)(F)F)nn2-c2ccc(OC)cc2)=N1)OCC. The minimum atomic E-state index is -4.74.